The molecule has 0 radical (unpaired) electrons. The Kier molecular flexibility index (Phi) is 8.14. The van der Waals surface area contributed by atoms with Gasteiger partial charge in [-0.25, -0.2) is 4.98 Å². The first-order chi connectivity index (χ1) is 18.1. The zero-order valence-corrected chi connectivity index (χ0v) is 21.1. The van der Waals surface area contributed by atoms with Crippen LogP contribution in [-0.2, 0) is 17.4 Å². The van der Waals surface area contributed by atoms with Gasteiger partial charge in [-0.1, -0.05) is 50.2 Å². The molecule has 0 aliphatic rings. The predicted octanol–water partition coefficient (Wildman–Crippen LogP) is 6.09. The first kappa shape index (κ1) is 26.9. The average molecular weight is 523 g/mol. The highest BCUT2D eigenvalue weighted by molar-refractivity contribution is 6.03. The number of imidazole rings is 1. The summed E-state index contributed by atoms with van der Waals surface area (Å²) in [7, 11) is 0. The second-order valence-electron chi connectivity index (χ2n) is 9.62. The molecular weight excluding hydrogens is 493 g/mol. The monoisotopic (exact) mass is 522 g/mol. The molecule has 0 saturated heterocycles. The van der Waals surface area contributed by atoms with E-state index >= 15 is 0 Å². The number of halogens is 3. The molecule has 0 spiro atoms. The molecule has 2 aromatic carbocycles. The minimum Gasteiger partial charge on any atom is -0.355 e. The fourth-order valence-corrected chi connectivity index (χ4v) is 4.36. The maximum Gasteiger partial charge on any atom is 0.416 e. The molecule has 2 heterocycles. The lowest BCUT2D eigenvalue weighted by atomic mass is 9.89. The zero-order chi connectivity index (χ0) is 27.3. The van der Waals surface area contributed by atoms with Crippen molar-refractivity contribution in [2.75, 3.05) is 11.9 Å². The molecule has 2 aromatic heterocycles. The van der Waals surface area contributed by atoms with Gasteiger partial charge in [-0.2, -0.15) is 13.2 Å². The second kappa shape index (κ2) is 11.5. The van der Waals surface area contributed by atoms with Crippen LogP contribution in [0.2, 0.25) is 0 Å². The molecule has 0 fully saturated rings. The summed E-state index contributed by atoms with van der Waals surface area (Å²) in [5.41, 5.74) is 2.13. The number of aromatic nitrogens is 2. The Bertz CT molecular complexity index is 1400. The van der Waals surface area contributed by atoms with E-state index < -0.39 is 11.7 Å². The molecule has 0 aliphatic heterocycles. The van der Waals surface area contributed by atoms with Crippen LogP contribution in [0.3, 0.4) is 0 Å². The van der Waals surface area contributed by atoms with Crippen LogP contribution < -0.4 is 10.6 Å². The predicted molar refractivity (Wildman–Crippen MR) is 140 cm³/mol. The van der Waals surface area contributed by atoms with Crippen molar-refractivity contribution in [1.82, 2.24) is 14.7 Å². The summed E-state index contributed by atoms with van der Waals surface area (Å²) >= 11 is 0. The summed E-state index contributed by atoms with van der Waals surface area (Å²) < 4.78 is 40.5. The maximum atomic E-state index is 12.9. The quantitative estimate of drug-likeness (QED) is 0.279. The Morgan fingerprint density at radius 2 is 1.66 bits per heavy atom. The maximum absolute atomic E-state index is 12.9. The van der Waals surface area contributed by atoms with E-state index in [1.54, 1.807) is 40.9 Å². The molecule has 0 saturated carbocycles. The summed E-state index contributed by atoms with van der Waals surface area (Å²) in [4.78, 5) is 30.1. The third-order valence-electron chi connectivity index (χ3n) is 6.16. The van der Waals surface area contributed by atoms with Crippen LogP contribution in [0, 0.1) is 5.92 Å². The first-order valence-corrected chi connectivity index (χ1v) is 12.4. The number of anilines is 1. The summed E-state index contributed by atoms with van der Waals surface area (Å²) in [5.74, 6) is -0.402. The number of hydrogen-bond donors (Lipinski definition) is 2. The summed E-state index contributed by atoms with van der Waals surface area (Å²) in [6.07, 6.45) is -2.02. The third kappa shape index (κ3) is 6.79. The molecular formula is C29H29F3N4O2. The van der Waals surface area contributed by atoms with E-state index in [0.717, 1.165) is 17.7 Å². The van der Waals surface area contributed by atoms with Gasteiger partial charge in [0.2, 0.25) is 5.91 Å². The lowest BCUT2D eigenvalue weighted by Crippen LogP contribution is -2.30. The Labute approximate surface area is 218 Å². The Morgan fingerprint density at radius 1 is 0.947 bits per heavy atom. The molecule has 4 rings (SSSR count). The molecule has 1 unspecified atom stereocenters. The highest BCUT2D eigenvalue weighted by Gasteiger charge is 2.30. The number of carbonyl (C=O) groups is 2. The molecule has 198 valence electrons. The van der Waals surface area contributed by atoms with Crippen molar-refractivity contribution in [3.8, 4) is 0 Å². The molecule has 4 aromatic rings. The molecule has 0 bridgehead atoms. The number of rotatable bonds is 9. The zero-order valence-electron chi connectivity index (χ0n) is 21.1. The van der Waals surface area contributed by atoms with Crippen LogP contribution in [0.15, 0.2) is 79.0 Å². The van der Waals surface area contributed by atoms with Gasteiger partial charge in [0.25, 0.3) is 5.91 Å². The molecule has 0 aliphatic carbocycles. The van der Waals surface area contributed by atoms with Crippen LogP contribution in [-0.4, -0.2) is 27.7 Å². The van der Waals surface area contributed by atoms with Gasteiger partial charge in [0.15, 0.2) is 0 Å². The van der Waals surface area contributed by atoms with E-state index in [2.05, 4.69) is 15.6 Å². The average Bonchev–Trinajstić information content (AvgIpc) is 3.29. The lowest BCUT2D eigenvalue weighted by Gasteiger charge is -2.21. The van der Waals surface area contributed by atoms with Crippen molar-refractivity contribution >= 4 is 23.1 Å². The van der Waals surface area contributed by atoms with Gasteiger partial charge in [-0.3, -0.25) is 14.0 Å². The van der Waals surface area contributed by atoms with Gasteiger partial charge >= 0.3 is 6.18 Å². The molecule has 1 atom stereocenters. The lowest BCUT2D eigenvalue weighted by molar-refractivity contribution is -0.137. The van der Waals surface area contributed by atoms with E-state index in [1.165, 1.54) is 12.1 Å². The van der Waals surface area contributed by atoms with Crippen molar-refractivity contribution in [3.63, 3.8) is 0 Å². The van der Waals surface area contributed by atoms with Gasteiger partial charge in [0, 0.05) is 24.3 Å². The fourth-order valence-electron chi connectivity index (χ4n) is 4.36. The first-order valence-electron chi connectivity index (χ1n) is 12.4. The van der Waals surface area contributed by atoms with Crippen molar-refractivity contribution in [2.24, 2.45) is 5.92 Å². The number of alkyl halides is 3. The van der Waals surface area contributed by atoms with E-state index in [9.17, 15) is 22.8 Å². The SMILES string of the molecule is CC(C)CC(CNC(=O)Cc1cn2c(C(=O)Nc3ccccc3)cccc2n1)c1ccc(C(F)(F)F)cc1. The number of fused-ring (bicyclic) bond motifs is 1. The molecule has 2 amide bonds. The Balaban J connectivity index is 1.43. The standard InChI is InChI=1S/C29H29F3N4O2/c1-19(2)15-21(20-11-13-22(14-12-20)29(30,31)32)17-33-27(37)16-24-18-36-25(9-6-10-26(36)34-24)28(38)35-23-7-4-3-5-8-23/h3-14,18-19,21H,15-17H2,1-2H3,(H,33,37)(H,35,38). The number of para-hydroxylation sites is 1. The fraction of sp³-hybridized carbons (Fsp3) is 0.276. The number of benzene rings is 2. The van der Waals surface area contributed by atoms with Crippen molar-refractivity contribution < 1.29 is 22.8 Å². The molecule has 38 heavy (non-hydrogen) atoms. The number of carbonyl (C=O) groups excluding carboxylic acids is 2. The number of hydrogen-bond acceptors (Lipinski definition) is 3. The smallest absolute Gasteiger partial charge is 0.355 e. The van der Waals surface area contributed by atoms with E-state index in [1.807, 2.05) is 32.0 Å². The number of nitrogens with zero attached hydrogens (tertiary/aromatic N) is 2. The Hall–Kier alpha value is -4.14. The van der Waals surface area contributed by atoms with E-state index in [0.29, 0.717) is 35.7 Å². The highest BCUT2D eigenvalue weighted by atomic mass is 19.4. The molecule has 9 heteroatoms. The topological polar surface area (TPSA) is 75.5 Å². The van der Waals surface area contributed by atoms with Gasteiger partial charge in [0.1, 0.15) is 11.3 Å². The van der Waals surface area contributed by atoms with Crippen molar-refractivity contribution in [3.05, 3.63) is 102 Å². The number of nitrogens with one attached hydrogen (secondary N) is 2. The van der Waals surface area contributed by atoms with E-state index in [-0.39, 0.29) is 30.1 Å². The van der Waals surface area contributed by atoms with Crippen LogP contribution in [0.5, 0.6) is 0 Å². The van der Waals surface area contributed by atoms with Gasteiger partial charge < -0.3 is 10.6 Å². The minimum absolute atomic E-state index is 0.00281. The minimum atomic E-state index is -4.39. The summed E-state index contributed by atoms with van der Waals surface area (Å²) in [6, 6.07) is 19.4. The number of amides is 2. The molecule has 2 N–H and O–H groups in total. The van der Waals surface area contributed by atoms with Crippen LogP contribution >= 0.6 is 0 Å². The number of pyridine rings is 1. The van der Waals surface area contributed by atoms with Crippen LogP contribution in [0.4, 0.5) is 18.9 Å². The van der Waals surface area contributed by atoms with Crippen LogP contribution in [0.1, 0.15) is 53.5 Å². The normalized spacial score (nSPS) is 12.5. The third-order valence-corrected chi connectivity index (χ3v) is 6.16. The van der Waals surface area contributed by atoms with Crippen molar-refractivity contribution in [2.45, 2.75) is 38.8 Å². The molecule has 6 nitrogen and oxygen atoms in total. The van der Waals surface area contributed by atoms with Gasteiger partial charge in [-0.05, 0) is 54.3 Å². The summed E-state index contributed by atoms with van der Waals surface area (Å²) in [5, 5.41) is 5.75. The van der Waals surface area contributed by atoms with Crippen LogP contribution in [0.25, 0.3) is 5.65 Å². The summed E-state index contributed by atoms with van der Waals surface area (Å²) in [6.45, 7) is 4.35. The largest absolute Gasteiger partial charge is 0.416 e. The van der Waals surface area contributed by atoms with E-state index in [4.69, 9.17) is 0 Å². The van der Waals surface area contributed by atoms with Gasteiger partial charge in [0.05, 0.1) is 17.7 Å². The Morgan fingerprint density at radius 3 is 2.32 bits per heavy atom. The van der Waals surface area contributed by atoms with Gasteiger partial charge in [-0.15, -0.1) is 0 Å². The van der Waals surface area contributed by atoms with Crippen molar-refractivity contribution in [1.29, 1.82) is 0 Å². The highest BCUT2D eigenvalue weighted by Crippen LogP contribution is 2.31. The second-order valence-corrected chi connectivity index (χ2v) is 9.62.